The minimum atomic E-state index is -0.482. The predicted octanol–water partition coefficient (Wildman–Crippen LogP) is 3.17. The fraction of sp³-hybridized carbons (Fsp3) is 0.619. The summed E-state index contributed by atoms with van der Waals surface area (Å²) in [6.45, 7) is 6.77. The van der Waals surface area contributed by atoms with Crippen molar-refractivity contribution in [1.82, 2.24) is 4.90 Å². The number of anilines is 2. The van der Waals surface area contributed by atoms with E-state index in [1.807, 2.05) is 25.1 Å². The van der Waals surface area contributed by atoms with Crippen molar-refractivity contribution >= 4 is 23.2 Å². The lowest BCUT2D eigenvalue weighted by atomic mass is 10.1. The lowest BCUT2D eigenvalue weighted by Crippen LogP contribution is -2.36. The number of aryl methyl sites for hydroxylation is 1. The summed E-state index contributed by atoms with van der Waals surface area (Å²) in [6, 6.07) is 5.57. The molecule has 1 aliphatic heterocycles. The maximum absolute atomic E-state index is 12.4. The molecule has 1 saturated heterocycles. The van der Waals surface area contributed by atoms with Gasteiger partial charge in [0, 0.05) is 11.4 Å². The van der Waals surface area contributed by atoms with E-state index >= 15 is 0 Å². The van der Waals surface area contributed by atoms with Crippen LogP contribution in [0.2, 0.25) is 0 Å². The molecule has 6 heteroatoms. The molecule has 1 unspecified atom stereocenters. The van der Waals surface area contributed by atoms with E-state index in [4.69, 9.17) is 4.74 Å². The van der Waals surface area contributed by atoms with Gasteiger partial charge in [-0.1, -0.05) is 12.5 Å². The van der Waals surface area contributed by atoms with Crippen LogP contribution in [0.1, 0.15) is 44.6 Å². The van der Waals surface area contributed by atoms with Crippen LogP contribution in [0.25, 0.3) is 0 Å². The smallest absolute Gasteiger partial charge is 0.253 e. The quantitative estimate of drug-likeness (QED) is 0.734. The van der Waals surface area contributed by atoms with E-state index in [9.17, 15) is 9.59 Å². The van der Waals surface area contributed by atoms with E-state index in [1.165, 1.54) is 19.3 Å². The molecule has 1 aromatic carbocycles. The Balaban J connectivity index is 1.52. The van der Waals surface area contributed by atoms with Crippen molar-refractivity contribution in [2.24, 2.45) is 5.92 Å². The Bertz CT molecular complexity index is 667. The number of rotatable bonds is 8. The molecule has 1 atom stereocenters. The van der Waals surface area contributed by atoms with Gasteiger partial charge in [0.2, 0.25) is 5.91 Å². The normalized spacial score (nSPS) is 18.7. The summed E-state index contributed by atoms with van der Waals surface area (Å²) in [4.78, 5) is 26.9. The first-order valence-electron chi connectivity index (χ1n) is 10.1. The number of nitrogens with one attached hydrogen (secondary N) is 2. The fourth-order valence-corrected chi connectivity index (χ4v) is 3.23. The van der Waals surface area contributed by atoms with Gasteiger partial charge in [-0.05, 0) is 76.2 Å². The number of ether oxygens (including phenoxy) is 1. The minimum absolute atomic E-state index is 0.00962. The third-order valence-electron chi connectivity index (χ3n) is 5.24. The lowest BCUT2D eigenvalue weighted by Gasteiger charge is -2.25. The number of hydrogen-bond acceptors (Lipinski definition) is 4. The Morgan fingerprint density at radius 3 is 2.63 bits per heavy atom. The number of benzene rings is 1. The van der Waals surface area contributed by atoms with Crippen molar-refractivity contribution < 1.29 is 14.3 Å². The molecule has 3 rings (SSSR count). The summed E-state index contributed by atoms with van der Waals surface area (Å²) in [5.41, 5.74) is 2.38. The second-order valence-corrected chi connectivity index (χ2v) is 7.82. The highest BCUT2D eigenvalue weighted by Crippen LogP contribution is 2.29. The molecule has 6 nitrogen and oxygen atoms in total. The molecule has 2 amide bonds. The van der Waals surface area contributed by atoms with Crippen LogP contribution in [-0.2, 0) is 14.3 Å². The van der Waals surface area contributed by atoms with Gasteiger partial charge in [0.25, 0.3) is 5.91 Å². The number of nitrogens with zero attached hydrogens (tertiary/aromatic N) is 1. The third kappa shape index (κ3) is 6.33. The zero-order valence-corrected chi connectivity index (χ0v) is 16.4. The van der Waals surface area contributed by atoms with E-state index in [0.717, 1.165) is 37.2 Å². The molecule has 0 radical (unpaired) electrons. The Kier molecular flexibility index (Phi) is 6.85. The molecule has 1 aromatic rings. The minimum Gasteiger partial charge on any atom is -0.368 e. The van der Waals surface area contributed by atoms with Gasteiger partial charge < -0.3 is 15.4 Å². The van der Waals surface area contributed by atoms with Crippen molar-refractivity contribution in [2.75, 3.05) is 36.9 Å². The van der Waals surface area contributed by atoms with Crippen LogP contribution in [0.4, 0.5) is 11.4 Å². The van der Waals surface area contributed by atoms with Crippen molar-refractivity contribution in [3.63, 3.8) is 0 Å². The first kappa shape index (κ1) is 19.8. The van der Waals surface area contributed by atoms with Crippen LogP contribution in [-0.4, -0.2) is 49.1 Å². The van der Waals surface area contributed by atoms with Crippen molar-refractivity contribution in [1.29, 1.82) is 0 Å². The summed E-state index contributed by atoms with van der Waals surface area (Å²) >= 11 is 0. The number of hydrogen-bond donors (Lipinski definition) is 2. The molecule has 1 heterocycles. The third-order valence-corrected chi connectivity index (χ3v) is 5.24. The van der Waals surface area contributed by atoms with E-state index in [0.29, 0.717) is 24.8 Å². The van der Waals surface area contributed by atoms with E-state index in [1.54, 1.807) is 6.92 Å². The Morgan fingerprint density at radius 1 is 1.19 bits per heavy atom. The number of likely N-dealkylation sites (tertiary alicyclic amines) is 1. The van der Waals surface area contributed by atoms with Gasteiger partial charge in [0.15, 0.2) is 0 Å². The second kappa shape index (κ2) is 9.33. The zero-order chi connectivity index (χ0) is 19.2. The topological polar surface area (TPSA) is 70.7 Å². The molecule has 0 bridgehead atoms. The molecule has 0 spiro atoms. The number of amides is 2. The van der Waals surface area contributed by atoms with Crippen molar-refractivity contribution in [2.45, 2.75) is 52.1 Å². The largest absolute Gasteiger partial charge is 0.368 e. The van der Waals surface area contributed by atoms with Gasteiger partial charge in [0.05, 0.1) is 13.2 Å². The number of piperidine rings is 1. The monoisotopic (exact) mass is 373 g/mol. The number of carbonyl (C=O) groups excluding carboxylic acids is 2. The maximum atomic E-state index is 12.4. The first-order chi connectivity index (χ1) is 13.0. The molecule has 2 N–H and O–H groups in total. The highest BCUT2D eigenvalue weighted by molar-refractivity contribution is 5.96. The average molecular weight is 373 g/mol. The van der Waals surface area contributed by atoms with Crippen LogP contribution in [0, 0.1) is 12.8 Å². The zero-order valence-electron chi connectivity index (χ0n) is 16.4. The Hall–Kier alpha value is -1.92. The Morgan fingerprint density at radius 2 is 1.93 bits per heavy atom. The highest BCUT2D eigenvalue weighted by Gasteiger charge is 2.24. The van der Waals surface area contributed by atoms with Crippen LogP contribution in [0.5, 0.6) is 0 Å². The van der Waals surface area contributed by atoms with Gasteiger partial charge in [-0.3, -0.25) is 14.5 Å². The summed E-state index contributed by atoms with van der Waals surface area (Å²) in [6.07, 6.45) is 5.49. The summed E-state index contributed by atoms with van der Waals surface area (Å²) < 4.78 is 5.62. The van der Waals surface area contributed by atoms with Gasteiger partial charge >= 0.3 is 0 Å². The van der Waals surface area contributed by atoms with Crippen molar-refractivity contribution in [3.05, 3.63) is 23.8 Å². The molecule has 0 aromatic heterocycles. The highest BCUT2D eigenvalue weighted by atomic mass is 16.5. The van der Waals surface area contributed by atoms with Gasteiger partial charge in [-0.2, -0.15) is 0 Å². The molecule has 148 valence electrons. The number of carbonyl (C=O) groups is 2. The van der Waals surface area contributed by atoms with Crippen LogP contribution in [0.15, 0.2) is 18.2 Å². The lowest BCUT2D eigenvalue weighted by molar-refractivity contribution is -0.126. The van der Waals surface area contributed by atoms with E-state index < -0.39 is 6.10 Å². The van der Waals surface area contributed by atoms with Crippen LogP contribution >= 0.6 is 0 Å². The SMILES string of the molecule is Cc1ccc(NC(=O)C(C)OCC2CC2)cc1NC(=O)CN1CCCCC1. The molecule has 1 saturated carbocycles. The molecule has 27 heavy (non-hydrogen) atoms. The second-order valence-electron chi connectivity index (χ2n) is 7.82. The molecular formula is C21H31N3O3. The van der Waals surface area contributed by atoms with Crippen LogP contribution in [0.3, 0.4) is 0 Å². The van der Waals surface area contributed by atoms with E-state index in [2.05, 4.69) is 15.5 Å². The van der Waals surface area contributed by atoms with Crippen molar-refractivity contribution in [3.8, 4) is 0 Å². The van der Waals surface area contributed by atoms with Crippen LogP contribution < -0.4 is 10.6 Å². The molecule has 1 aliphatic carbocycles. The first-order valence-corrected chi connectivity index (χ1v) is 10.1. The molecular weight excluding hydrogens is 342 g/mol. The van der Waals surface area contributed by atoms with Gasteiger partial charge in [-0.25, -0.2) is 0 Å². The fourth-order valence-electron chi connectivity index (χ4n) is 3.23. The molecule has 2 fully saturated rings. The maximum Gasteiger partial charge on any atom is 0.253 e. The molecule has 2 aliphatic rings. The Labute approximate surface area is 161 Å². The van der Waals surface area contributed by atoms with Gasteiger partial charge in [0.1, 0.15) is 6.10 Å². The average Bonchev–Trinajstić information content (AvgIpc) is 3.47. The summed E-state index contributed by atoms with van der Waals surface area (Å²) in [7, 11) is 0. The summed E-state index contributed by atoms with van der Waals surface area (Å²) in [5, 5.41) is 5.87. The van der Waals surface area contributed by atoms with E-state index in [-0.39, 0.29) is 11.8 Å². The van der Waals surface area contributed by atoms with Gasteiger partial charge in [-0.15, -0.1) is 0 Å². The predicted molar refractivity (Wildman–Crippen MR) is 107 cm³/mol. The standard InChI is InChI=1S/C21H31N3O3/c1-15-6-9-18(22-21(26)16(2)27-14-17-7-8-17)12-19(15)23-20(25)13-24-10-4-3-5-11-24/h6,9,12,16-17H,3-5,7-8,10-11,13-14H2,1-2H3,(H,22,26)(H,23,25). The summed E-state index contributed by atoms with van der Waals surface area (Å²) in [5.74, 6) is 0.455.